The fourth-order valence-corrected chi connectivity index (χ4v) is 2.34. The molecule has 1 heterocycles. The molecule has 70 valence electrons. The van der Waals surface area contributed by atoms with Crippen LogP contribution in [-0.2, 0) is 4.79 Å². The second-order valence-electron chi connectivity index (χ2n) is 2.94. The third-order valence-electron chi connectivity index (χ3n) is 1.89. The fraction of sp³-hybridized carbons (Fsp3) is 0.875. The van der Waals surface area contributed by atoms with E-state index >= 15 is 0 Å². The Kier molecular flexibility index (Phi) is 3.88. The highest BCUT2D eigenvalue weighted by atomic mass is 32.2. The first-order valence-corrected chi connectivity index (χ1v) is 5.38. The van der Waals surface area contributed by atoms with E-state index in [1.54, 1.807) is 11.8 Å². The maximum absolute atomic E-state index is 11.2. The molecule has 1 aliphatic heterocycles. The number of nitrogens with one attached hydrogen (secondary N) is 1. The van der Waals surface area contributed by atoms with Crippen molar-refractivity contribution in [3.63, 3.8) is 0 Å². The van der Waals surface area contributed by atoms with Crippen LogP contribution in [0.25, 0.3) is 0 Å². The summed E-state index contributed by atoms with van der Waals surface area (Å²) in [5.41, 5.74) is 0. The largest absolute Gasteiger partial charge is 0.391 e. The lowest BCUT2D eigenvalue weighted by atomic mass is 10.1. The first-order valence-electron chi connectivity index (χ1n) is 4.33. The number of carbonyl (C=O) groups is 1. The maximum atomic E-state index is 11.2. The molecule has 0 aromatic carbocycles. The van der Waals surface area contributed by atoms with Crippen molar-refractivity contribution in [2.45, 2.75) is 31.1 Å². The minimum absolute atomic E-state index is 0.00722. The van der Waals surface area contributed by atoms with Crippen molar-refractivity contribution >= 4 is 17.7 Å². The molecule has 2 N–H and O–H groups in total. The molecule has 1 amide bonds. The van der Waals surface area contributed by atoms with E-state index in [0.29, 0.717) is 6.42 Å². The van der Waals surface area contributed by atoms with E-state index in [1.807, 2.05) is 6.92 Å². The van der Waals surface area contributed by atoms with Crippen LogP contribution in [0.4, 0.5) is 0 Å². The third-order valence-corrected chi connectivity index (χ3v) is 3.22. The Morgan fingerprint density at radius 2 is 2.58 bits per heavy atom. The summed E-state index contributed by atoms with van der Waals surface area (Å²) in [5, 5.41) is 12.1. The van der Waals surface area contributed by atoms with Crippen LogP contribution in [0.2, 0.25) is 0 Å². The molecular formula is C8H15NO2S. The van der Waals surface area contributed by atoms with Gasteiger partial charge in [0, 0.05) is 12.3 Å². The normalized spacial score (nSPS) is 26.5. The van der Waals surface area contributed by atoms with Crippen molar-refractivity contribution in [3.05, 3.63) is 0 Å². The Morgan fingerprint density at radius 1 is 1.83 bits per heavy atom. The molecule has 1 aliphatic rings. The summed E-state index contributed by atoms with van der Waals surface area (Å²) < 4.78 is 0. The number of hydrogen-bond donors (Lipinski definition) is 2. The minimum atomic E-state index is -0.472. The predicted octanol–water partition coefficient (Wildman–Crippen LogP) is 0.379. The van der Waals surface area contributed by atoms with Gasteiger partial charge in [-0.1, -0.05) is 13.3 Å². The van der Waals surface area contributed by atoms with E-state index < -0.39 is 6.10 Å². The topological polar surface area (TPSA) is 49.3 Å². The number of thioether (sulfide) groups is 1. The van der Waals surface area contributed by atoms with Gasteiger partial charge in [0.05, 0.1) is 6.10 Å². The number of aliphatic hydroxyl groups excluding tert-OH is 1. The van der Waals surface area contributed by atoms with Gasteiger partial charge in [0.15, 0.2) is 0 Å². The number of hydrogen-bond acceptors (Lipinski definition) is 3. The van der Waals surface area contributed by atoms with Gasteiger partial charge in [0.2, 0.25) is 5.91 Å². The quantitative estimate of drug-likeness (QED) is 0.675. The fourth-order valence-electron chi connectivity index (χ4n) is 1.27. The second-order valence-corrected chi connectivity index (χ2v) is 4.19. The van der Waals surface area contributed by atoms with Gasteiger partial charge < -0.3 is 10.4 Å². The van der Waals surface area contributed by atoms with Crippen LogP contribution in [-0.4, -0.2) is 34.7 Å². The Morgan fingerprint density at radius 3 is 3.17 bits per heavy atom. The molecule has 3 nitrogen and oxygen atoms in total. The highest BCUT2D eigenvalue weighted by Crippen LogP contribution is 2.20. The molecule has 4 heteroatoms. The van der Waals surface area contributed by atoms with Gasteiger partial charge in [-0.05, 0) is 6.42 Å². The van der Waals surface area contributed by atoms with Crippen LogP contribution in [0.15, 0.2) is 0 Å². The maximum Gasteiger partial charge on any atom is 0.235 e. The Bertz CT molecular complexity index is 163. The molecule has 0 saturated carbocycles. The van der Waals surface area contributed by atoms with Gasteiger partial charge in [-0.2, -0.15) is 0 Å². The van der Waals surface area contributed by atoms with Gasteiger partial charge in [0.1, 0.15) is 5.25 Å². The Labute approximate surface area is 76.9 Å². The first-order chi connectivity index (χ1) is 5.75. The van der Waals surface area contributed by atoms with Gasteiger partial charge in [-0.15, -0.1) is 11.8 Å². The molecule has 0 unspecified atom stereocenters. The Hall–Kier alpha value is -0.220. The SMILES string of the molecule is CCC[C@@H](O)[C@H]1SCCNC1=O. The van der Waals surface area contributed by atoms with Gasteiger partial charge in [-0.3, -0.25) is 4.79 Å². The smallest absolute Gasteiger partial charge is 0.235 e. The predicted molar refractivity (Wildman–Crippen MR) is 50.2 cm³/mol. The summed E-state index contributed by atoms with van der Waals surface area (Å²) in [7, 11) is 0. The van der Waals surface area contributed by atoms with Gasteiger partial charge in [-0.25, -0.2) is 0 Å². The second kappa shape index (κ2) is 4.72. The molecule has 12 heavy (non-hydrogen) atoms. The van der Waals surface area contributed by atoms with Crippen LogP contribution in [0.3, 0.4) is 0 Å². The molecule has 0 aromatic heterocycles. The van der Waals surface area contributed by atoms with Crippen LogP contribution < -0.4 is 5.32 Å². The third kappa shape index (κ3) is 2.38. The van der Waals surface area contributed by atoms with Crippen molar-refractivity contribution in [2.24, 2.45) is 0 Å². The highest BCUT2D eigenvalue weighted by molar-refractivity contribution is 8.00. The molecule has 0 bridgehead atoms. The number of rotatable bonds is 3. The van der Waals surface area contributed by atoms with Crippen molar-refractivity contribution < 1.29 is 9.90 Å². The summed E-state index contributed by atoms with van der Waals surface area (Å²) in [6, 6.07) is 0. The standard InChI is InChI=1S/C8H15NO2S/c1-2-3-6(10)7-8(11)9-4-5-12-7/h6-7,10H,2-5H2,1H3,(H,9,11)/t6-,7-/m1/s1. The zero-order valence-corrected chi connectivity index (χ0v) is 8.06. The molecule has 0 spiro atoms. The summed E-state index contributed by atoms with van der Waals surface area (Å²) in [6.45, 7) is 2.74. The molecule has 0 aliphatic carbocycles. The lowest BCUT2D eigenvalue weighted by Gasteiger charge is -2.25. The zero-order chi connectivity index (χ0) is 8.97. The molecule has 2 atom stereocenters. The molecule has 1 fully saturated rings. The first kappa shape index (κ1) is 9.86. The zero-order valence-electron chi connectivity index (χ0n) is 7.25. The van der Waals surface area contributed by atoms with E-state index in [4.69, 9.17) is 0 Å². The summed E-state index contributed by atoms with van der Waals surface area (Å²) in [5.74, 6) is 0.907. The summed E-state index contributed by atoms with van der Waals surface area (Å²) in [6.07, 6.45) is 1.16. The monoisotopic (exact) mass is 189 g/mol. The number of carbonyl (C=O) groups excluding carboxylic acids is 1. The number of aliphatic hydroxyl groups is 1. The lowest BCUT2D eigenvalue weighted by Crippen LogP contribution is -2.45. The van der Waals surface area contributed by atoms with E-state index in [2.05, 4.69) is 5.32 Å². The molecule has 1 rings (SSSR count). The Balaban J connectivity index is 2.42. The van der Waals surface area contributed by atoms with Crippen LogP contribution in [0, 0.1) is 0 Å². The van der Waals surface area contributed by atoms with Crippen molar-refractivity contribution in [2.75, 3.05) is 12.3 Å². The molecule has 0 radical (unpaired) electrons. The van der Waals surface area contributed by atoms with Crippen LogP contribution in [0.1, 0.15) is 19.8 Å². The highest BCUT2D eigenvalue weighted by Gasteiger charge is 2.28. The van der Waals surface area contributed by atoms with Crippen LogP contribution in [0.5, 0.6) is 0 Å². The molecule has 0 aromatic rings. The lowest BCUT2D eigenvalue weighted by molar-refractivity contribution is -0.122. The minimum Gasteiger partial charge on any atom is -0.391 e. The summed E-state index contributed by atoms with van der Waals surface area (Å²) >= 11 is 1.56. The van der Waals surface area contributed by atoms with E-state index in [9.17, 15) is 9.90 Å². The van der Waals surface area contributed by atoms with Crippen LogP contribution >= 0.6 is 11.8 Å². The number of amides is 1. The molecular weight excluding hydrogens is 174 g/mol. The van der Waals surface area contributed by atoms with Gasteiger partial charge in [0.25, 0.3) is 0 Å². The van der Waals surface area contributed by atoms with E-state index in [1.165, 1.54) is 0 Å². The molecule has 1 saturated heterocycles. The van der Waals surface area contributed by atoms with E-state index in [0.717, 1.165) is 18.7 Å². The van der Waals surface area contributed by atoms with Crippen molar-refractivity contribution in [1.29, 1.82) is 0 Å². The average Bonchev–Trinajstić information content (AvgIpc) is 2.05. The van der Waals surface area contributed by atoms with E-state index in [-0.39, 0.29) is 11.2 Å². The summed E-state index contributed by atoms with van der Waals surface area (Å²) in [4.78, 5) is 11.2. The average molecular weight is 189 g/mol. The van der Waals surface area contributed by atoms with Crippen molar-refractivity contribution in [1.82, 2.24) is 5.32 Å². The van der Waals surface area contributed by atoms with Gasteiger partial charge >= 0.3 is 0 Å². The van der Waals surface area contributed by atoms with Crippen molar-refractivity contribution in [3.8, 4) is 0 Å².